The Hall–Kier alpha value is -2.14. The van der Waals surface area contributed by atoms with Crippen LogP contribution < -0.4 is 5.32 Å². The maximum atomic E-state index is 11.3. The first kappa shape index (κ1) is 12.3. The van der Waals surface area contributed by atoms with E-state index in [-0.39, 0.29) is 0 Å². The van der Waals surface area contributed by atoms with Crippen LogP contribution in [0.3, 0.4) is 0 Å². The number of imidazole rings is 1. The van der Waals surface area contributed by atoms with Crippen molar-refractivity contribution in [2.24, 2.45) is 7.05 Å². The van der Waals surface area contributed by atoms with Crippen LogP contribution in [0.1, 0.15) is 17.4 Å². The fraction of sp³-hybridized carbons (Fsp3) is 0.231. The minimum absolute atomic E-state index is 0.412. The third-order valence-electron chi connectivity index (χ3n) is 2.77. The molecule has 0 fully saturated rings. The molecule has 2 N–H and O–H groups in total. The summed E-state index contributed by atoms with van der Waals surface area (Å²) in [5.74, 6) is -0.0902. The number of nitrogens with zero attached hydrogens (tertiary/aromatic N) is 2. The summed E-state index contributed by atoms with van der Waals surface area (Å²) >= 11 is 0. The third kappa shape index (κ3) is 2.75. The monoisotopic (exact) mass is 245 g/mol. The second-order valence-electron chi connectivity index (χ2n) is 4.02. The van der Waals surface area contributed by atoms with Gasteiger partial charge in [0.2, 0.25) is 0 Å². The Kier molecular flexibility index (Phi) is 3.74. The van der Waals surface area contributed by atoms with Gasteiger partial charge in [-0.25, -0.2) is 4.98 Å². The zero-order valence-electron chi connectivity index (χ0n) is 10.1. The zero-order chi connectivity index (χ0) is 13.0. The van der Waals surface area contributed by atoms with Crippen molar-refractivity contribution in [2.45, 2.75) is 12.6 Å². The summed E-state index contributed by atoms with van der Waals surface area (Å²) in [6.45, 7) is 0.412. The van der Waals surface area contributed by atoms with Crippen LogP contribution in [0.2, 0.25) is 0 Å². The lowest BCUT2D eigenvalue weighted by atomic mass is 10.1. The van der Waals surface area contributed by atoms with E-state index in [4.69, 9.17) is 0 Å². The van der Waals surface area contributed by atoms with Crippen LogP contribution in [-0.2, 0) is 18.4 Å². The van der Waals surface area contributed by atoms with Crippen LogP contribution >= 0.6 is 0 Å². The first-order valence-corrected chi connectivity index (χ1v) is 5.66. The van der Waals surface area contributed by atoms with Gasteiger partial charge in [-0.15, -0.1) is 0 Å². The Labute approximate surface area is 105 Å². The van der Waals surface area contributed by atoms with E-state index in [1.165, 1.54) is 0 Å². The number of aliphatic carboxylic acids is 1. The van der Waals surface area contributed by atoms with E-state index in [1.807, 2.05) is 36.0 Å². The largest absolute Gasteiger partial charge is 0.480 e. The molecule has 0 bridgehead atoms. The Bertz CT molecular complexity index is 522. The SMILES string of the molecule is Cn1ccnc1CNC(C(=O)O)c1ccccc1. The van der Waals surface area contributed by atoms with Gasteiger partial charge in [-0.2, -0.15) is 0 Å². The van der Waals surface area contributed by atoms with Gasteiger partial charge in [-0.1, -0.05) is 30.3 Å². The highest BCUT2D eigenvalue weighted by Crippen LogP contribution is 2.13. The number of rotatable bonds is 5. The predicted molar refractivity (Wildman–Crippen MR) is 66.9 cm³/mol. The fourth-order valence-corrected chi connectivity index (χ4v) is 1.75. The summed E-state index contributed by atoms with van der Waals surface area (Å²) < 4.78 is 1.86. The van der Waals surface area contributed by atoms with Gasteiger partial charge >= 0.3 is 5.97 Å². The molecule has 0 radical (unpaired) electrons. The predicted octanol–water partition coefficient (Wildman–Crippen LogP) is 1.34. The highest BCUT2D eigenvalue weighted by atomic mass is 16.4. The number of hydrogen-bond acceptors (Lipinski definition) is 3. The number of benzene rings is 1. The second kappa shape index (κ2) is 5.46. The number of carboxylic acids is 1. The van der Waals surface area contributed by atoms with E-state index < -0.39 is 12.0 Å². The van der Waals surface area contributed by atoms with Crippen LogP contribution in [-0.4, -0.2) is 20.6 Å². The average molecular weight is 245 g/mol. The van der Waals surface area contributed by atoms with Gasteiger partial charge in [0.1, 0.15) is 11.9 Å². The second-order valence-corrected chi connectivity index (χ2v) is 4.02. The Morgan fingerprint density at radius 2 is 2.17 bits per heavy atom. The van der Waals surface area contributed by atoms with Crippen molar-refractivity contribution < 1.29 is 9.90 Å². The molecule has 0 saturated heterocycles. The molecule has 2 rings (SSSR count). The molecule has 2 aromatic rings. The number of carbonyl (C=O) groups is 1. The van der Waals surface area contributed by atoms with Crippen molar-refractivity contribution in [2.75, 3.05) is 0 Å². The molecule has 1 heterocycles. The molecule has 1 atom stereocenters. The first-order valence-electron chi connectivity index (χ1n) is 5.66. The number of carboxylic acid groups (broad SMARTS) is 1. The Morgan fingerprint density at radius 3 is 2.72 bits per heavy atom. The highest BCUT2D eigenvalue weighted by molar-refractivity contribution is 5.75. The average Bonchev–Trinajstić information content (AvgIpc) is 2.76. The first-order chi connectivity index (χ1) is 8.68. The number of aryl methyl sites for hydroxylation is 1. The van der Waals surface area contributed by atoms with Gasteiger partial charge in [0.15, 0.2) is 0 Å². The molecule has 0 saturated carbocycles. The highest BCUT2D eigenvalue weighted by Gasteiger charge is 2.19. The number of aromatic nitrogens is 2. The minimum Gasteiger partial charge on any atom is -0.480 e. The Morgan fingerprint density at radius 1 is 1.44 bits per heavy atom. The van der Waals surface area contributed by atoms with Gasteiger partial charge in [0.05, 0.1) is 6.54 Å². The lowest BCUT2D eigenvalue weighted by molar-refractivity contribution is -0.139. The van der Waals surface area contributed by atoms with Crippen LogP contribution in [0.15, 0.2) is 42.7 Å². The molecule has 0 aliphatic carbocycles. The number of nitrogens with one attached hydrogen (secondary N) is 1. The minimum atomic E-state index is -0.893. The van der Waals surface area contributed by atoms with Gasteiger partial charge in [0, 0.05) is 19.4 Å². The van der Waals surface area contributed by atoms with Crippen LogP contribution in [0.25, 0.3) is 0 Å². The molecule has 0 spiro atoms. The molecule has 18 heavy (non-hydrogen) atoms. The van der Waals surface area contributed by atoms with E-state index >= 15 is 0 Å². The van der Waals surface area contributed by atoms with Crippen molar-refractivity contribution in [1.29, 1.82) is 0 Å². The molecule has 1 aromatic heterocycles. The molecule has 1 unspecified atom stereocenters. The maximum absolute atomic E-state index is 11.3. The van der Waals surface area contributed by atoms with Crippen molar-refractivity contribution >= 4 is 5.97 Å². The van der Waals surface area contributed by atoms with Crippen molar-refractivity contribution in [3.05, 3.63) is 54.1 Å². The lowest BCUT2D eigenvalue weighted by Gasteiger charge is -2.14. The summed E-state index contributed by atoms with van der Waals surface area (Å²) in [4.78, 5) is 15.4. The third-order valence-corrected chi connectivity index (χ3v) is 2.77. The van der Waals surface area contributed by atoms with E-state index in [2.05, 4.69) is 10.3 Å². The summed E-state index contributed by atoms with van der Waals surface area (Å²) in [5, 5.41) is 12.2. The molecular weight excluding hydrogens is 230 g/mol. The van der Waals surface area contributed by atoms with Gasteiger partial charge in [-0.05, 0) is 5.56 Å². The fourth-order valence-electron chi connectivity index (χ4n) is 1.75. The summed E-state index contributed by atoms with van der Waals surface area (Å²) in [5.41, 5.74) is 0.735. The Balaban J connectivity index is 2.09. The summed E-state index contributed by atoms with van der Waals surface area (Å²) in [6, 6.07) is 8.39. The zero-order valence-corrected chi connectivity index (χ0v) is 10.1. The standard InChI is InChI=1S/C13H15N3O2/c1-16-8-7-14-11(16)9-15-12(13(17)18)10-5-3-2-4-6-10/h2-8,12,15H,9H2,1H3,(H,17,18). The van der Waals surface area contributed by atoms with Gasteiger partial charge < -0.3 is 9.67 Å². The molecule has 5 nitrogen and oxygen atoms in total. The number of hydrogen-bond donors (Lipinski definition) is 2. The quantitative estimate of drug-likeness (QED) is 0.834. The van der Waals surface area contributed by atoms with Gasteiger partial charge in [-0.3, -0.25) is 10.1 Å². The smallest absolute Gasteiger partial charge is 0.325 e. The van der Waals surface area contributed by atoms with Crippen molar-refractivity contribution in [1.82, 2.24) is 14.9 Å². The molecule has 5 heteroatoms. The maximum Gasteiger partial charge on any atom is 0.325 e. The van der Waals surface area contributed by atoms with E-state index in [0.717, 1.165) is 11.4 Å². The molecule has 0 aliphatic heterocycles. The van der Waals surface area contributed by atoms with Crippen molar-refractivity contribution in [3.8, 4) is 0 Å². The molecular formula is C13H15N3O2. The molecule has 94 valence electrons. The van der Waals surface area contributed by atoms with Crippen LogP contribution in [0, 0.1) is 0 Å². The van der Waals surface area contributed by atoms with E-state index in [9.17, 15) is 9.90 Å². The molecule has 0 amide bonds. The summed E-state index contributed by atoms with van der Waals surface area (Å²) in [6.07, 6.45) is 3.52. The lowest BCUT2D eigenvalue weighted by Crippen LogP contribution is -2.29. The molecule has 1 aromatic carbocycles. The van der Waals surface area contributed by atoms with Crippen LogP contribution in [0.4, 0.5) is 0 Å². The normalized spacial score (nSPS) is 12.3. The van der Waals surface area contributed by atoms with E-state index in [0.29, 0.717) is 6.54 Å². The van der Waals surface area contributed by atoms with Gasteiger partial charge in [0.25, 0.3) is 0 Å². The van der Waals surface area contributed by atoms with Crippen LogP contribution in [0.5, 0.6) is 0 Å². The van der Waals surface area contributed by atoms with E-state index in [1.54, 1.807) is 18.3 Å². The summed E-state index contributed by atoms with van der Waals surface area (Å²) in [7, 11) is 1.88. The molecule has 0 aliphatic rings. The van der Waals surface area contributed by atoms with Crippen molar-refractivity contribution in [3.63, 3.8) is 0 Å². The topological polar surface area (TPSA) is 67.2 Å².